The van der Waals surface area contributed by atoms with Gasteiger partial charge in [0.1, 0.15) is 5.54 Å². The summed E-state index contributed by atoms with van der Waals surface area (Å²) in [4.78, 5) is 25.1. The first kappa shape index (κ1) is 14.5. The molecule has 0 spiro atoms. The van der Waals surface area contributed by atoms with Crippen molar-refractivity contribution in [3.05, 3.63) is 29.8 Å². The minimum atomic E-state index is -1.11. The monoisotopic (exact) mass is 276 g/mol. The summed E-state index contributed by atoms with van der Waals surface area (Å²) in [6.45, 7) is 3.80. The molecule has 0 aliphatic carbocycles. The van der Waals surface area contributed by atoms with Gasteiger partial charge in [0.25, 0.3) is 0 Å². The number of nitrogens with zero attached hydrogens (tertiary/aromatic N) is 1. The van der Waals surface area contributed by atoms with Gasteiger partial charge in [0, 0.05) is 12.2 Å². The van der Waals surface area contributed by atoms with Crippen molar-refractivity contribution in [2.24, 2.45) is 0 Å². The highest BCUT2D eigenvalue weighted by molar-refractivity contribution is 5.96. The van der Waals surface area contributed by atoms with Crippen molar-refractivity contribution in [2.75, 3.05) is 18.0 Å². The number of carbonyl (C=O) groups excluding carboxylic acids is 1. The van der Waals surface area contributed by atoms with Crippen LogP contribution in [0.4, 0.5) is 5.69 Å². The van der Waals surface area contributed by atoms with E-state index in [1.165, 1.54) is 5.56 Å². The van der Waals surface area contributed by atoms with E-state index < -0.39 is 11.5 Å². The standard InChI is InChI=1S/C15H20N2O3/c1-15(2,14(19)20)16-10-13(18)17-9-5-7-11-6-3-4-8-12(11)17/h3-4,6,8,16H,5,7,9-10H2,1-2H3,(H,19,20). The van der Waals surface area contributed by atoms with E-state index in [-0.39, 0.29) is 12.5 Å². The van der Waals surface area contributed by atoms with E-state index in [1.54, 1.807) is 18.7 Å². The number of para-hydroxylation sites is 1. The van der Waals surface area contributed by atoms with Gasteiger partial charge >= 0.3 is 5.97 Å². The summed E-state index contributed by atoms with van der Waals surface area (Å²) in [5.41, 5.74) is 1.01. The van der Waals surface area contributed by atoms with Crippen molar-refractivity contribution in [2.45, 2.75) is 32.2 Å². The first-order valence-corrected chi connectivity index (χ1v) is 6.78. The fraction of sp³-hybridized carbons (Fsp3) is 0.467. The summed E-state index contributed by atoms with van der Waals surface area (Å²) in [5.74, 6) is -1.06. The molecule has 1 aromatic carbocycles. The van der Waals surface area contributed by atoms with Crippen LogP contribution < -0.4 is 10.2 Å². The molecule has 1 aromatic rings. The first-order valence-electron chi connectivity index (χ1n) is 6.78. The topological polar surface area (TPSA) is 69.6 Å². The minimum absolute atomic E-state index is 0.0215. The number of anilines is 1. The maximum Gasteiger partial charge on any atom is 0.323 e. The number of carbonyl (C=O) groups is 2. The Labute approximate surface area is 118 Å². The molecule has 0 atom stereocenters. The normalized spacial score (nSPS) is 14.8. The van der Waals surface area contributed by atoms with E-state index in [2.05, 4.69) is 5.32 Å². The van der Waals surface area contributed by atoms with Gasteiger partial charge in [-0.05, 0) is 38.3 Å². The molecule has 0 aromatic heterocycles. The van der Waals surface area contributed by atoms with Crippen LogP contribution in [0.3, 0.4) is 0 Å². The molecule has 0 unspecified atom stereocenters. The number of fused-ring (bicyclic) bond motifs is 1. The van der Waals surface area contributed by atoms with Crippen molar-refractivity contribution in [3.63, 3.8) is 0 Å². The molecule has 1 aliphatic rings. The van der Waals surface area contributed by atoms with Gasteiger partial charge in [-0.3, -0.25) is 14.9 Å². The number of benzene rings is 1. The summed E-state index contributed by atoms with van der Waals surface area (Å²) in [6, 6.07) is 7.86. The second kappa shape index (κ2) is 5.63. The van der Waals surface area contributed by atoms with E-state index in [0.717, 1.165) is 18.5 Å². The number of aryl methyl sites for hydroxylation is 1. The van der Waals surface area contributed by atoms with E-state index in [4.69, 9.17) is 5.11 Å². The Hall–Kier alpha value is -1.88. The molecular formula is C15H20N2O3. The van der Waals surface area contributed by atoms with E-state index in [1.807, 2.05) is 24.3 Å². The number of amides is 1. The lowest BCUT2D eigenvalue weighted by atomic mass is 10.0. The second-order valence-corrected chi connectivity index (χ2v) is 5.56. The maximum absolute atomic E-state index is 12.3. The zero-order valence-corrected chi connectivity index (χ0v) is 11.8. The predicted octanol–water partition coefficient (Wildman–Crippen LogP) is 1.42. The van der Waals surface area contributed by atoms with Crippen molar-refractivity contribution in [1.82, 2.24) is 5.32 Å². The average Bonchev–Trinajstić information content (AvgIpc) is 2.44. The molecule has 20 heavy (non-hydrogen) atoms. The summed E-state index contributed by atoms with van der Waals surface area (Å²) < 4.78 is 0. The SMILES string of the molecule is CC(C)(NCC(=O)N1CCCc2ccccc21)C(=O)O. The molecule has 1 aliphatic heterocycles. The van der Waals surface area contributed by atoms with Gasteiger partial charge in [0.05, 0.1) is 6.54 Å². The highest BCUT2D eigenvalue weighted by atomic mass is 16.4. The quantitative estimate of drug-likeness (QED) is 0.872. The summed E-state index contributed by atoms with van der Waals surface area (Å²) >= 11 is 0. The van der Waals surface area contributed by atoms with Gasteiger partial charge < -0.3 is 10.0 Å². The van der Waals surface area contributed by atoms with E-state index >= 15 is 0 Å². The molecule has 108 valence electrons. The highest BCUT2D eigenvalue weighted by Crippen LogP contribution is 2.26. The Bertz CT molecular complexity index is 526. The van der Waals surface area contributed by atoms with Crippen LogP contribution in [0.5, 0.6) is 0 Å². The highest BCUT2D eigenvalue weighted by Gasteiger charge is 2.29. The molecule has 1 amide bonds. The molecular weight excluding hydrogens is 256 g/mol. The Morgan fingerprint density at radius 3 is 2.75 bits per heavy atom. The lowest BCUT2D eigenvalue weighted by Crippen LogP contribution is -2.51. The molecule has 0 saturated heterocycles. The van der Waals surface area contributed by atoms with Crippen LogP contribution in [-0.2, 0) is 16.0 Å². The van der Waals surface area contributed by atoms with Gasteiger partial charge in [-0.25, -0.2) is 0 Å². The summed E-state index contributed by atoms with van der Waals surface area (Å²) in [6.07, 6.45) is 1.92. The molecule has 5 nitrogen and oxygen atoms in total. The first-order chi connectivity index (χ1) is 9.42. The largest absolute Gasteiger partial charge is 0.480 e. The Morgan fingerprint density at radius 2 is 2.05 bits per heavy atom. The van der Waals surface area contributed by atoms with Gasteiger partial charge in [-0.2, -0.15) is 0 Å². The molecule has 2 N–H and O–H groups in total. The second-order valence-electron chi connectivity index (χ2n) is 5.56. The fourth-order valence-corrected chi connectivity index (χ4v) is 2.26. The predicted molar refractivity (Wildman–Crippen MR) is 76.8 cm³/mol. The van der Waals surface area contributed by atoms with Crippen LogP contribution in [0.25, 0.3) is 0 Å². The van der Waals surface area contributed by atoms with Gasteiger partial charge in [0.15, 0.2) is 0 Å². The summed E-state index contributed by atoms with van der Waals surface area (Å²) in [7, 11) is 0. The molecule has 1 heterocycles. The number of hydrogen-bond acceptors (Lipinski definition) is 3. The van der Waals surface area contributed by atoms with Gasteiger partial charge in [-0.15, -0.1) is 0 Å². The van der Waals surface area contributed by atoms with Crippen LogP contribution in [0.2, 0.25) is 0 Å². The molecule has 0 radical (unpaired) electrons. The summed E-state index contributed by atoms with van der Waals surface area (Å²) in [5, 5.41) is 11.8. The number of carboxylic acids is 1. The average molecular weight is 276 g/mol. The zero-order chi connectivity index (χ0) is 14.8. The Balaban J connectivity index is 2.06. The van der Waals surface area contributed by atoms with Crippen LogP contribution in [-0.4, -0.2) is 35.6 Å². The number of hydrogen-bond donors (Lipinski definition) is 2. The molecule has 0 fully saturated rings. The van der Waals surface area contributed by atoms with E-state index in [0.29, 0.717) is 6.54 Å². The van der Waals surface area contributed by atoms with E-state index in [9.17, 15) is 9.59 Å². The van der Waals surface area contributed by atoms with Crippen molar-refractivity contribution in [1.29, 1.82) is 0 Å². The number of nitrogens with one attached hydrogen (secondary N) is 1. The van der Waals surface area contributed by atoms with Gasteiger partial charge in [-0.1, -0.05) is 18.2 Å². The number of rotatable bonds is 4. The third kappa shape index (κ3) is 2.99. The van der Waals surface area contributed by atoms with Gasteiger partial charge in [0.2, 0.25) is 5.91 Å². The fourth-order valence-electron chi connectivity index (χ4n) is 2.26. The van der Waals surface area contributed by atoms with Crippen LogP contribution in [0.15, 0.2) is 24.3 Å². The van der Waals surface area contributed by atoms with Crippen molar-refractivity contribution >= 4 is 17.6 Å². The van der Waals surface area contributed by atoms with Crippen LogP contribution in [0, 0.1) is 0 Å². The molecule has 0 saturated carbocycles. The molecule has 2 rings (SSSR count). The number of aliphatic carboxylic acids is 1. The Kier molecular flexibility index (Phi) is 4.09. The molecule has 5 heteroatoms. The third-order valence-corrected chi connectivity index (χ3v) is 3.63. The van der Waals surface area contributed by atoms with Crippen molar-refractivity contribution in [3.8, 4) is 0 Å². The molecule has 0 bridgehead atoms. The third-order valence-electron chi connectivity index (χ3n) is 3.63. The van der Waals surface area contributed by atoms with Crippen LogP contribution in [0.1, 0.15) is 25.8 Å². The number of carboxylic acid groups (broad SMARTS) is 1. The zero-order valence-electron chi connectivity index (χ0n) is 11.8. The minimum Gasteiger partial charge on any atom is -0.480 e. The van der Waals surface area contributed by atoms with Crippen LogP contribution >= 0.6 is 0 Å². The lowest BCUT2D eigenvalue weighted by molar-refractivity contribution is -0.143. The maximum atomic E-state index is 12.3. The smallest absolute Gasteiger partial charge is 0.323 e. The van der Waals surface area contributed by atoms with Crippen molar-refractivity contribution < 1.29 is 14.7 Å². The Morgan fingerprint density at radius 1 is 1.35 bits per heavy atom. The lowest BCUT2D eigenvalue weighted by Gasteiger charge is -2.30.